The molecule has 0 fully saturated rings. The fourth-order valence-electron chi connectivity index (χ4n) is 1.86. The van der Waals surface area contributed by atoms with Gasteiger partial charge in [-0.2, -0.15) is 10.2 Å². The summed E-state index contributed by atoms with van der Waals surface area (Å²) in [7, 11) is 0. The number of rotatable bonds is 4. The Balaban J connectivity index is 1.78. The van der Waals surface area contributed by atoms with Crippen LogP contribution in [0.2, 0.25) is 0 Å². The Morgan fingerprint density at radius 3 is 2.86 bits per heavy atom. The summed E-state index contributed by atoms with van der Waals surface area (Å²) in [6.07, 6.45) is 1.55. The molecule has 0 aliphatic rings. The van der Waals surface area contributed by atoms with E-state index in [1.54, 1.807) is 32.2 Å². The van der Waals surface area contributed by atoms with Crippen LogP contribution in [0.1, 0.15) is 23.0 Å². The van der Waals surface area contributed by atoms with Gasteiger partial charge in [-0.15, -0.1) is 0 Å². The first-order chi connectivity index (χ1) is 10.7. The van der Waals surface area contributed by atoms with Gasteiger partial charge < -0.3 is 8.94 Å². The lowest BCUT2D eigenvalue weighted by Gasteiger charge is -2.04. The van der Waals surface area contributed by atoms with E-state index >= 15 is 0 Å². The van der Waals surface area contributed by atoms with Crippen molar-refractivity contribution < 1.29 is 8.94 Å². The number of aryl methyl sites for hydroxylation is 2. The maximum absolute atomic E-state index is 9.21. The molecule has 7 nitrogen and oxygen atoms in total. The lowest BCUT2D eigenvalue weighted by molar-refractivity contribution is 0.390. The third kappa shape index (κ3) is 2.84. The topological polar surface area (TPSA) is 102 Å². The van der Waals surface area contributed by atoms with Gasteiger partial charge in [-0.1, -0.05) is 16.9 Å². The maximum Gasteiger partial charge on any atom is 0.238 e. The predicted molar refractivity (Wildman–Crippen MR) is 77.8 cm³/mol. The number of hydrogen-bond acceptors (Lipinski definition) is 8. The summed E-state index contributed by atoms with van der Waals surface area (Å²) in [5.41, 5.74) is 1.14. The van der Waals surface area contributed by atoms with Crippen LogP contribution in [0, 0.1) is 25.2 Å². The van der Waals surface area contributed by atoms with Crippen LogP contribution >= 0.6 is 11.8 Å². The molecule has 0 amide bonds. The van der Waals surface area contributed by atoms with E-state index in [-0.39, 0.29) is 0 Å². The molecule has 0 aromatic carbocycles. The molecule has 0 unspecified atom stereocenters. The van der Waals surface area contributed by atoms with Crippen LogP contribution in [0.15, 0.2) is 32.4 Å². The first-order valence-electron chi connectivity index (χ1n) is 6.42. The van der Waals surface area contributed by atoms with Crippen LogP contribution in [0.25, 0.3) is 11.6 Å². The van der Waals surface area contributed by atoms with Gasteiger partial charge in [0.15, 0.2) is 5.76 Å². The fourth-order valence-corrected chi connectivity index (χ4v) is 2.78. The summed E-state index contributed by atoms with van der Waals surface area (Å²) >= 11 is 1.36. The molecule has 0 radical (unpaired) electrons. The quantitative estimate of drug-likeness (QED) is 0.535. The third-order valence-electron chi connectivity index (χ3n) is 2.82. The van der Waals surface area contributed by atoms with Crippen LogP contribution in [0.4, 0.5) is 0 Å². The summed E-state index contributed by atoms with van der Waals surface area (Å²) in [5, 5.41) is 13.7. The minimum atomic E-state index is 0.399. The third-order valence-corrected chi connectivity index (χ3v) is 3.78. The van der Waals surface area contributed by atoms with Crippen LogP contribution in [0.5, 0.6) is 0 Å². The zero-order chi connectivity index (χ0) is 15.5. The van der Waals surface area contributed by atoms with Crippen molar-refractivity contribution in [2.45, 2.75) is 24.6 Å². The summed E-state index contributed by atoms with van der Waals surface area (Å²) < 4.78 is 10.4. The number of furan rings is 1. The van der Waals surface area contributed by atoms with E-state index in [0.717, 1.165) is 0 Å². The zero-order valence-corrected chi connectivity index (χ0v) is 12.7. The lowest BCUT2D eigenvalue weighted by Crippen LogP contribution is -1.99. The molecule has 0 spiro atoms. The summed E-state index contributed by atoms with van der Waals surface area (Å²) in [6.45, 7) is 3.58. The van der Waals surface area contributed by atoms with Crippen LogP contribution in [-0.2, 0) is 5.75 Å². The second-order valence-electron chi connectivity index (χ2n) is 4.43. The van der Waals surface area contributed by atoms with Gasteiger partial charge in [0.25, 0.3) is 0 Å². The van der Waals surface area contributed by atoms with Crippen molar-refractivity contribution in [1.82, 2.24) is 20.1 Å². The molecule has 0 saturated carbocycles. The fraction of sp³-hybridized carbons (Fsp3) is 0.214. The van der Waals surface area contributed by atoms with Gasteiger partial charge in [0.1, 0.15) is 22.5 Å². The molecule has 3 aromatic rings. The molecule has 3 heterocycles. The van der Waals surface area contributed by atoms with Crippen molar-refractivity contribution >= 4 is 11.8 Å². The normalized spacial score (nSPS) is 10.6. The first-order valence-corrected chi connectivity index (χ1v) is 7.40. The van der Waals surface area contributed by atoms with Gasteiger partial charge in [-0.05, 0) is 26.0 Å². The maximum atomic E-state index is 9.21. The monoisotopic (exact) mass is 313 g/mol. The van der Waals surface area contributed by atoms with Crippen molar-refractivity contribution in [2.24, 2.45) is 0 Å². The molecule has 0 aliphatic heterocycles. The number of thioether (sulfide) groups is 1. The zero-order valence-electron chi connectivity index (χ0n) is 11.9. The Kier molecular flexibility index (Phi) is 3.89. The number of hydrogen-bond donors (Lipinski definition) is 0. The minimum Gasteiger partial charge on any atom is -0.461 e. The Bertz CT molecular complexity index is 836. The van der Waals surface area contributed by atoms with Crippen LogP contribution < -0.4 is 0 Å². The Morgan fingerprint density at radius 2 is 2.14 bits per heavy atom. The highest BCUT2D eigenvalue weighted by Crippen LogP contribution is 2.26. The van der Waals surface area contributed by atoms with Gasteiger partial charge >= 0.3 is 0 Å². The minimum absolute atomic E-state index is 0.399. The molecule has 3 rings (SSSR count). The van der Waals surface area contributed by atoms with Crippen molar-refractivity contribution in [3.8, 4) is 17.7 Å². The van der Waals surface area contributed by atoms with Gasteiger partial charge in [0.05, 0.1) is 17.7 Å². The second-order valence-corrected chi connectivity index (χ2v) is 5.39. The predicted octanol–water partition coefficient (Wildman–Crippen LogP) is 2.90. The van der Waals surface area contributed by atoms with Gasteiger partial charge in [-0.25, -0.2) is 9.97 Å². The van der Waals surface area contributed by atoms with Crippen LogP contribution in [-0.4, -0.2) is 20.1 Å². The first kappa shape index (κ1) is 14.3. The molecule has 0 N–H and O–H groups in total. The number of aromatic nitrogens is 4. The van der Waals surface area contributed by atoms with Crippen molar-refractivity contribution in [3.63, 3.8) is 0 Å². The van der Waals surface area contributed by atoms with E-state index < -0.39 is 0 Å². The second kappa shape index (κ2) is 5.99. The van der Waals surface area contributed by atoms with E-state index in [2.05, 4.69) is 26.2 Å². The highest BCUT2D eigenvalue weighted by Gasteiger charge is 2.14. The van der Waals surface area contributed by atoms with E-state index in [1.165, 1.54) is 11.8 Å². The van der Waals surface area contributed by atoms with E-state index in [0.29, 0.717) is 45.3 Å². The number of nitrogens with zero attached hydrogens (tertiary/aromatic N) is 5. The molecule has 0 atom stereocenters. The SMILES string of the molecule is Cc1nc(C)c(C#N)c(SCc2nc(-c3ccco3)no2)n1. The van der Waals surface area contributed by atoms with Crippen LogP contribution in [0.3, 0.4) is 0 Å². The Hall–Kier alpha value is -2.66. The molecule has 0 bridgehead atoms. The van der Waals surface area contributed by atoms with Gasteiger partial charge in [0, 0.05) is 0 Å². The standard InChI is InChI=1S/C14H11N5O2S/c1-8-10(6-15)14(17-9(2)16-8)22-7-12-18-13(19-21-12)11-4-3-5-20-11/h3-5H,7H2,1-2H3. The molecule has 110 valence electrons. The Morgan fingerprint density at radius 1 is 1.27 bits per heavy atom. The lowest BCUT2D eigenvalue weighted by atomic mass is 10.3. The van der Waals surface area contributed by atoms with E-state index in [1.807, 2.05) is 0 Å². The van der Waals surface area contributed by atoms with Gasteiger partial charge in [0.2, 0.25) is 11.7 Å². The summed E-state index contributed by atoms with van der Waals surface area (Å²) in [6, 6.07) is 5.64. The number of nitriles is 1. The molecule has 22 heavy (non-hydrogen) atoms. The summed E-state index contributed by atoms with van der Waals surface area (Å²) in [4.78, 5) is 12.7. The van der Waals surface area contributed by atoms with Gasteiger partial charge in [-0.3, -0.25) is 0 Å². The van der Waals surface area contributed by atoms with E-state index in [9.17, 15) is 5.26 Å². The van der Waals surface area contributed by atoms with Crippen molar-refractivity contribution in [2.75, 3.05) is 0 Å². The smallest absolute Gasteiger partial charge is 0.238 e. The van der Waals surface area contributed by atoms with Crippen molar-refractivity contribution in [3.05, 3.63) is 41.4 Å². The highest BCUT2D eigenvalue weighted by molar-refractivity contribution is 7.98. The van der Waals surface area contributed by atoms with E-state index in [4.69, 9.17) is 8.94 Å². The molecule has 0 aliphatic carbocycles. The molecular weight excluding hydrogens is 302 g/mol. The average molecular weight is 313 g/mol. The molecular formula is C14H11N5O2S. The molecule has 3 aromatic heterocycles. The highest BCUT2D eigenvalue weighted by atomic mass is 32.2. The summed E-state index contributed by atoms with van der Waals surface area (Å²) in [5.74, 6) is 2.43. The largest absolute Gasteiger partial charge is 0.461 e. The average Bonchev–Trinajstić information content (AvgIpc) is 3.15. The Labute approximate surface area is 130 Å². The molecule has 8 heteroatoms. The molecule has 0 saturated heterocycles. The van der Waals surface area contributed by atoms with Crippen molar-refractivity contribution in [1.29, 1.82) is 5.26 Å².